The molecule has 0 unspecified atom stereocenters. The van der Waals surface area contributed by atoms with E-state index in [9.17, 15) is 4.79 Å². The molecule has 0 saturated heterocycles. The summed E-state index contributed by atoms with van der Waals surface area (Å²) in [5, 5.41) is 7.84. The third kappa shape index (κ3) is 3.37. The molecule has 0 N–H and O–H groups in total. The molecule has 0 aliphatic rings. The molecule has 8 heteroatoms. The predicted octanol–water partition coefficient (Wildman–Crippen LogP) is 2.92. The molecule has 0 aliphatic heterocycles. The largest absolute Gasteiger partial charge is 0.497 e. The molecule has 4 rings (SSSR count). The molecule has 136 valence electrons. The first-order valence-corrected chi connectivity index (χ1v) is 8.24. The monoisotopic (exact) mass is 364 g/mol. The summed E-state index contributed by atoms with van der Waals surface area (Å²) < 4.78 is 16.6. The molecule has 0 amide bonds. The first-order valence-electron chi connectivity index (χ1n) is 8.24. The van der Waals surface area contributed by atoms with E-state index in [1.54, 1.807) is 31.4 Å². The maximum atomic E-state index is 12.1. The SMILES string of the molecule is COc1ccc(-c2noc(=O)n2Cc2nc(-c3ccc(C)cc3)no2)cc1. The van der Waals surface area contributed by atoms with Crippen molar-refractivity contribution in [3.8, 4) is 28.5 Å². The number of aryl methyl sites for hydroxylation is 1. The van der Waals surface area contributed by atoms with E-state index in [1.165, 1.54) is 4.57 Å². The Morgan fingerprint density at radius 2 is 1.67 bits per heavy atom. The number of hydrogen-bond acceptors (Lipinski definition) is 7. The van der Waals surface area contributed by atoms with E-state index in [0.717, 1.165) is 11.1 Å². The Labute approximate surface area is 154 Å². The smallest absolute Gasteiger partial charge is 0.442 e. The quantitative estimate of drug-likeness (QED) is 0.537. The minimum absolute atomic E-state index is 0.0581. The minimum atomic E-state index is -0.601. The van der Waals surface area contributed by atoms with Gasteiger partial charge in [-0.1, -0.05) is 40.1 Å². The van der Waals surface area contributed by atoms with E-state index in [-0.39, 0.29) is 12.4 Å². The molecule has 0 atom stereocenters. The van der Waals surface area contributed by atoms with Crippen molar-refractivity contribution >= 4 is 0 Å². The molecule has 8 nitrogen and oxygen atoms in total. The number of methoxy groups -OCH3 is 1. The maximum Gasteiger partial charge on any atom is 0.442 e. The fourth-order valence-corrected chi connectivity index (χ4v) is 2.63. The average Bonchev–Trinajstić information content (AvgIpc) is 3.30. The summed E-state index contributed by atoms with van der Waals surface area (Å²) in [6.45, 7) is 2.06. The Morgan fingerprint density at radius 3 is 2.37 bits per heavy atom. The minimum Gasteiger partial charge on any atom is -0.497 e. The van der Waals surface area contributed by atoms with Crippen molar-refractivity contribution in [3.05, 3.63) is 70.5 Å². The van der Waals surface area contributed by atoms with Gasteiger partial charge in [-0.3, -0.25) is 4.52 Å². The van der Waals surface area contributed by atoms with Crippen molar-refractivity contribution in [2.75, 3.05) is 7.11 Å². The van der Waals surface area contributed by atoms with Crippen LogP contribution in [0.3, 0.4) is 0 Å². The molecule has 2 aromatic heterocycles. The summed E-state index contributed by atoms with van der Waals surface area (Å²) in [6.07, 6.45) is 0. The van der Waals surface area contributed by atoms with Crippen LogP contribution in [-0.4, -0.2) is 27.0 Å². The molecule has 0 aliphatic carbocycles. The van der Waals surface area contributed by atoms with Crippen molar-refractivity contribution in [1.82, 2.24) is 19.9 Å². The molecule has 0 saturated carbocycles. The highest BCUT2D eigenvalue weighted by Gasteiger charge is 2.17. The Balaban J connectivity index is 1.62. The van der Waals surface area contributed by atoms with Crippen LogP contribution in [0.1, 0.15) is 11.5 Å². The predicted molar refractivity (Wildman–Crippen MR) is 96.3 cm³/mol. The second-order valence-corrected chi connectivity index (χ2v) is 5.96. The summed E-state index contributed by atoms with van der Waals surface area (Å²) in [5.74, 6) is 1.22. The van der Waals surface area contributed by atoms with Crippen molar-refractivity contribution < 1.29 is 13.8 Å². The van der Waals surface area contributed by atoms with Gasteiger partial charge in [0.2, 0.25) is 11.7 Å². The first kappa shape index (κ1) is 16.8. The zero-order valence-electron chi connectivity index (χ0n) is 14.7. The number of aromatic nitrogens is 4. The highest BCUT2D eigenvalue weighted by Crippen LogP contribution is 2.21. The number of rotatable bonds is 5. The van der Waals surface area contributed by atoms with Gasteiger partial charge in [0.15, 0.2) is 5.82 Å². The van der Waals surface area contributed by atoms with Gasteiger partial charge in [0.1, 0.15) is 12.3 Å². The molecule has 27 heavy (non-hydrogen) atoms. The van der Waals surface area contributed by atoms with Gasteiger partial charge in [-0.2, -0.15) is 4.98 Å². The molecule has 2 aromatic carbocycles. The lowest BCUT2D eigenvalue weighted by Gasteiger charge is -2.03. The topological polar surface area (TPSA) is 96.2 Å². The molecule has 0 bridgehead atoms. The molecule has 0 spiro atoms. The number of hydrogen-bond donors (Lipinski definition) is 0. The normalized spacial score (nSPS) is 10.9. The van der Waals surface area contributed by atoms with Crippen LogP contribution in [0.2, 0.25) is 0 Å². The summed E-state index contributed by atoms with van der Waals surface area (Å²) in [7, 11) is 1.59. The van der Waals surface area contributed by atoms with Gasteiger partial charge in [0.05, 0.1) is 7.11 Å². The zero-order valence-corrected chi connectivity index (χ0v) is 14.7. The van der Waals surface area contributed by atoms with E-state index in [4.69, 9.17) is 13.8 Å². The Hall–Kier alpha value is -3.68. The Kier molecular flexibility index (Phi) is 4.29. The van der Waals surface area contributed by atoms with Crippen LogP contribution in [0.4, 0.5) is 0 Å². The average molecular weight is 364 g/mol. The second-order valence-electron chi connectivity index (χ2n) is 5.96. The van der Waals surface area contributed by atoms with E-state index in [2.05, 4.69) is 15.3 Å². The van der Waals surface area contributed by atoms with E-state index in [1.807, 2.05) is 31.2 Å². The van der Waals surface area contributed by atoms with Gasteiger partial charge in [0, 0.05) is 11.1 Å². The van der Waals surface area contributed by atoms with Crippen LogP contribution in [0.5, 0.6) is 5.75 Å². The summed E-state index contributed by atoms with van der Waals surface area (Å²) >= 11 is 0. The lowest BCUT2D eigenvalue weighted by Crippen LogP contribution is -2.16. The lowest BCUT2D eigenvalue weighted by molar-refractivity contribution is 0.354. The highest BCUT2D eigenvalue weighted by atomic mass is 16.5. The Bertz CT molecular complexity index is 1110. The summed E-state index contributed by atoms with van der Waals surface area (Å²) in [5.41, 5.74) is 2.69. The van der Waals surface area contributed by atoms with Gasteiger partial charge in [-0.25, -0.2) is 9.36 Å². The number of benzene rings is 2. The maximum absolute atomic E-state index is 12.1. The fraction of sp³-hybridized carbons (Fsp3) is 0.158. The van der Waals surface area contributed by atoms with Gasteiger partial charge in [-0.15, -0.1) is 0 Å². The Morgan fingerprint density at radius 1 is 0.963 bits per heavy atom. The van der Waals surface area contributed by atoms with Crippen molar-refractivity contribution in [2.45, 2.75) is 13.5 Å². The second kappa shape index (κ2) is 6.91. The number of nitrogens with zero attached hydrogens (tertiary/aromatic N) is 4. The number of ether oxygens (including phenoxy) is 1. The molecule has 4 aromatic rings. The molecular formula is C19H16N4O4. The van der Waals surface area contributed by atoms with Crippen LogP contribution in [0.15, 0.2) is 62.4 Å². The first-order chi connectivity index (χ1) is 13.1. The lowest BCUT2D eigenvalue weighted by atomic mass is 10.1. The molecule has 0 radical (unpaired) electrons. The zero-order chi connectivity index (χ0) is 18.8. The third-order valence-corrected chi connectivity index (χ3v) is 4.11. The third-order valence-electron chi connectivity index (χ3n) is 4.11. The van der Waals surface area contributed by atoms with Gasteiger partial charge >= 0.3 is 5.76 Å². The van der Waals surface area contributed by atoms with E-state index < -0.39 is 5.76 Å². The fourth-order valence-electron chi connectivity index (χ4n) is 2.63. The van der Waals surface area contributed by atoms with Crippen LogP contribution in [-0.2, 0) is 6.54 Å². The van der Waals surface area contributed by atoms with Crippen molar-refractivity contribution in [2.24, 2.45) is 0 Å². The van der Waals surface area contributed by atoms with Gasteiger partial charge in [-0.05, 0) is 31.2 Å². The summed E-state index contributed by atoms with van der Waals surface area (Å²) in [6, 6.07) is 14.9. The van der Waals surface area contributed by atoms with Crippen LogP contribution in [0, 0.1) is 6.92 Å². The van der Waals surface area contributed by atoms with Crippen molar-refractivity contribution in [1.29, 1.82) is 0 Å². The van der Waals surface area contributed by atoms with E-state index >= 15 is 0 Å². The highest BCUT2D eigenvalue weighted by molar-refractivity contribution is 5.56. The van der Waals surface area contributed by atoms with Crippen LogP contribution < -0.4 is 10.5 Å². The molecular weight excluding hydrogens is 348 g/mol. The van der Waals surface area contributed by atoms with Crippen LogP contribution >= 0.6 is 0 Å². The van der Waals surface area contributed by atoms with Crippen LogP contribution in [0.25, 0.3) is 22.8 Å². The molecule has 0 fully saturated rings. The van der Waals surface area contributed by atoms with E-state index in [0.29, 0.717) is 23.0 Å². The van der Waals surface area contributed by atoms with Crippen molar-refractivity contribution in [3.63, 3.8) is 0 Å². The summed E-state index contributed by atoms with van der Waals surface area (Å²) in [4.78, 5) is 16.4. The molecule has 2 heterocycles. The van der Waals surface area contributed by atoms with Gasteiger partial charge < -0.3 is 9.26 Å². The standard InChI is InChI=1S/C19H16N4O4/c1-12-3-5-13(6-4-12)17-20-16(26-21-17)11-23-18(22-27-19(23)24)14-7-9-15(25-2)10-8-14/h3-10H,11H2,1-2H3. The van der Waals surface area contributed by atoms with Gasteiger partial charge in [0.25, 0.3) is 0 Å².